The van der Waals surface area contributed by atoms with Gasteiger partial charge < -0.3 is 25.0 Å². The van der Waals surface area contributed by atoms with Crippen molar-refractivity contribution in [2.45, 2.75) is 37.5 Å². The lowest BCUT2D eigenvalue weighted by atomic mass is 9.94. The highest BCUT2D eigenvalue weighted by molar-refractivity contribution is 6.34. The van der Waals surface area contributed by atoms with Crippen LogP contribution >= 0.6 is 11.6 Å². The van der Waals surface area contributed by atoms with E-state index in [9.17, 15) is 14.4 Å². The van der Waals surface area contributed by atoms with Gasteiger partial charge in [-0.1, -0.05) is 23.7 Å². The Morgan fingerprint density at radius 2 is 1.97 bits per heavy atom. The van der Waals surface area contributed by atoms with Crippen molar-refractivity contribution in [2.75, 3.05) is 26.0 Å². The predicted molar refractivity (Wildman–Crippen MR) is 124 cm³/mol. The zero-order chi connectivity index (χ0) is 23.5. The minimum absolute atomic E-state index is 0.0774. The molecule has 3 atom stereocenters. The van der Waals surface area contributed by atoms with Gasteiger partial charge in [-0.05, 0) is 43.2 Å². The van der Waals surface area contributed by atoms with Crippen LogP contribution in [0.15, 0.2) is 42.5 Å². The summed E-state index contributed by atoms with van der Waals surface area (Å²) in [6, 6.07) is 11.5. The summed E-state index contributed by atoms with van der Waals surface area (Å²) in [5.74, 6) is -0.248. The van der Waals surface area contributed by atoms with Gasteiger partial charge in [0.2, 0.25) is 5.91 Å². The highest BCUT2D eigenvalue weighted by atomic mass is 35.5. The smallest absolute Gasteiger partial charge is 0.257 e. The number of carbonyl (C=O) groups is 3. The number of rotatable bonds is 4. The maximum absolute atomic E-state index is 13.3. The molecule has 33 heavy (non-hydrogen) atoms. The first kappa shape index (κ1) is 23.1. The standard InChI is InChI=1S/C24H26ClN3O5/c1-26-22(29)12-15-8-9-19-21(33-15)13-32-20-10-7-14(11-17(20)24(31)28(19)2)27-23(30)16-5-3-4-6-18(16)25/h3-7,10-11,15,19,21H,8-9,12-13H2,1-2H3,(H,26,29)(H,27,30)/t15-,19-,21-/m0/s1. The van der Waals surface area contributed by atoms with Gasteiger partial charge in [0.15, 0.2) is 0 Å². The summed E-state index contributed by atoms with van der Waals surface area (Å²) >= 11 is 6.12. The number of hydrogen-bond donors (Lipinski definition) is 2. The Morgan fingerprint density at radius 1 is 1.18 bits per heavy atom. The Bertz CT molecular complexity index is 1080. The van der Waals surface area contributed by atoms with Crippen molar-refractivity contribution >= 4 is 35.0 Å². The average Bonchev–Trinajstić information content (AvgIpc) is 2.82. The first-order chi connectivity index (χ1) is 15.9. The quantitative estimate of drug-likeness (QED) is 0.714. The van der Waals surface area contributed by atoms with Crippen LogP contribution in [0.3, 0.4) is 0 Å². The molecular formula is C24H26ClN3O5. The number of amides is 3. The molecule has 1 saturated heterocycles. The zero-order valence-electron chi connectivity index (χ0n) is 18.5. The van der Waals surface area contributed by atoms with Gasteiger partial charge in [0.1, 0.15) is 18.5 Å². The van der Waals surface area contributed by atoms with Crippen molar-refractivity contribution < 1.29 is 23.9 Å². The summed E-state index contributed by atoms with van der Waals surface area (Å²) in [6.07, 6.45) is 1.11. The molecule has 2 N–H and O–H groups in total. The largest absolute Gasteiger partial charge is 0.490 e. The second-order valence-corrected chi connectivity index (χ2v) is 8.60. The number of fused-ring (bicyclic) bond motifs is 2. The monoisotopic (exact) mass is 471 g/mol. The van der Waals surface area contributed by atoms with E-state index in [-0.39, 0.29) is 49.0 Å². The van der Waals surface area contributed by atoms with E-state index >= 15 is 0 Å². The minimum Gasteiger partial charge on any atom is -0.490 e. The van der Waals surface area contributed by atoms with Crippen LogP contribution < -0.4 is 15.4 Å². The van der Waals surface area contributed by atoms with Gasteiger partial charge in [-0.15, -0.1) is 0 Å². The molecule has 2 aromatic carbocycles. The van der Waals surface area contributed by atoms with Crippen LogP contribution in [0.5, 0.6) is 5.75 Å². The molecule has 1 fully saturated rings. The van der Waals surface area contributed by atoms with Gasteiger partial charge in [-0.3, -0.25) is 14.4 Å². The third kappa shape index (κ3) is 4.96. The molecule has 4 rings (SSSR count). The summed E-state index contributed by atoms with van der Waals surface area (Å²) in [7, 11) is 3.34. The fourth-order valence-corrected chi connectivity index (χ4v) is 4.48. The Balaban J connectivity index is 1.52. The van der Waals surface area contributed by atoms with Gasteiger partial charge in [0, 0.05) is 19.8 Å². The Kier molecular flexibility index (Phi) is 6.85. The molecule has 0 aliphatic carbocycles. The fourth-order valence-electron chi connectivity index (χ4n) is 4.26. The first-order valence-electron chi connectivity index (χ1n) is 10.8. The van der Waals surface area contributed by atoms with Crippen molar-refractivity contribution in [3.05, 3.63) is 58.6 Å². The third-order valence-corrected chi connectivity index (χ3v) is 6.41. The Labute approximate surface area is 197 Å². The van der Waals surface area contributed by atoms with Crippen molar-refractivity contribution in [1.29, 1.82) is 0 Å². The van der Waals surface area contributed by atoms with Crippen LogP contribution in [0.1, 0.15) is 40.0 Å². The summed E-state index contributed by atoms with van der Waals surface area (Å²) in [6.45, 7) is 0.255. The summed E-state index contributed by atoms with van der Waals surface area (Å²) < 4.78 is 12.1. The lowest BCUT2D eigenvalue weighted by Crippen LogP contribution is -2.53. The number of nitrogens with zero attached hydrogens (tertiary/aromatic N) is 1. The van der Waals surface area contributed by atoms with E-state index in [0.29, 0.717) is 40.4 Å². The number of ether oxygens (including phenoxy) is 2. The van der Waals surface area contributed by atoms with Crippen LogP contribution in [0.25, 0.3) is 0 Å². The highest BCUT2D eigenvalue weighted by Gasteiger charge is 2.39. The first-order valence-corrected chi connectivity index (χ1v) is 11.2. The average molecular weight is 472 g/mol. The predicted octanol–water partition coefficient (Wildman–Crippen LogP) is 3.11. The molecule has 0 aromatic heterocycles. The molecular weight excluding hydrogens is 446 g/mol. The lowest BCUT2D eigenvalue weighted by Gasteiger charge is -2.42. The Morgan fingerprint density at radius 3 is 2.73 bits per heavy atom. The summed E-state index contributed by atoms with van der Waals surface area (Å²) in [4.78, 5) is 39.3. The summed E-state index contributed by atoms with van der Waals surface area (Å²) in [5.41, 5.74) is 1.17. The maximum atomic E-state index is 13.3. The van der Waals surface area contributed by atoms with Crippen molar-refractivity contribution in [1.82, 2.24) is 10.2 Å². The molecule has 2 heterocycles. The molecule has 2 aromatic rings. The van der Waals surface area contributed by atoms with E-state index in [4.69, 9.17) is 21.1 Å². The van der Waals surface area contributed by atoms with Gasteiger partial charge in [-0.25, -0.2) is 0 Å². The number of nitrogens with one attached hydrogen (secondary N) is 2. The molecule has 0 radical (unpaired) electrons. The number of anilines is 1. The number of benzene rings is 2. The molecule has 0 saturated carbocycles. The second-order valence-electron chi connectivity index (χ2n) is 8.19. The van der Waals surface area contributed by atoms with Crippen molar-refractivity contribution in [2.24, 2.45) is 0 Å². The molecule has 3 amide bonds. The van der Waals surface area contributed by atoms with Gasteiger partial charge >= 0.3 is 0 Å². The van der Waals surface area contributed by atoms with Crippen LogP contribution in [-0.2, 0) is 9.53 Å². The zero-order valence-corrected chi connectivity index (χ0v) is 19.2. The van der Waals surface area contributed by atoms with E-state index in [0.717, 1.165) is 0 Å². The summed E-state index contributed by atoms with van der Waals surface area (Å²) in [5, 5.41) is 5.76. The number of carbonyl (C=O) groups excluding carboxylic acids is 3. The molecule has 2 aliphatic rings. The van der Waals surface area contributed by atoms with Crippen molar-refractivity contribution in [3.8, 4) is 5.75 Å². The molecule has 2 aliphatic heterocycles. The Hall–Kier alpha value is -3.10. The van der Waals surface area contributed by atoms with Crippen LogP contribution in [0.4, 0.5) is 5.69 Å². The number of likely N-dealkylation sites (N-methyl/N-ethyl adjacent to an activating group) is 1. The van der Waals surface area contributed by atoms with Crippen LogP contribution in [-0.4, -0.2) is 61.6 Å². The number of halogens is 1. The lowest BCUT2D eigenvalue weighted by molar-refractivity contribution is -0.133. The van der Waals surface area contributed by atoms with Crippen molar-refractivity contribution in [3.63, 3.8) is 0 Å². The van der Waals surface area contributed by atoms with Gasteiger partial charge in [0.25, 0.3) is 11.8 Å². The van der Waals surface area contributed by atoms with Gasteiger partial charge in [0.05, 0.1) is 34.7 Å². The van der Waals surface area contributed by atoms with E-state index in [2.05, 4.69) is 10.6 Å². The highest BCUT2D eigenvalue weighted by Crippen LogP contribution is 2.32. The van der Waals surface area contributed by atoms with Crippen LogP contribution in [0.2, 0.25) is 5.02 Å². The molecule has 9 heteroatoms. The SMILES string of the molecule is CNC(=O)C[C@@H]1CC[C@H]2[C@H](COc3ccc(NC(=O)c4ccccc4Cl)cc3C(=O)N2C)O1. The van der Waals surface area contributed by atoms with E-state index in [1.54, 1.807) is 61.5 Å². The second kappa shape index (κ2) is 9.80. The van der Waals surface area contributed by atoms with E-state index in [1.165, 1.54) is 0 Å². The molecule has 0 unspecified atom stereocenters. The third-order valence-electron chi connectivity index (χ3n) is 6.08. The molecule has 174 valence electrons. The minimum atomic E-state index is -0.365. The normalized spacial score (nSPS) is 22.2. The molecule has 0 spiro atoms. The molecule has 8 nitrogen and oxygen atoms in total. The van der Waals surface area contributed by atoms with Crippen LogP contribution in [0, 0.1) is 0 Å². The van der Waals surface area contributed by atoms with E-state index < -0.39 is 0 Å². The topological polar surface area (TPSA) is 97.0 Å². The molecule has 0 bridgehead atoms. The van der Waals surface area contributed by atoms with E-state index in [1.807, 2.05) is 0 Å². The maximum Gasteiger partial charge on any atom is 0.257 e. The van der Waals surface area contributed by atoms with Gasteiger partial charge in [-0.2, -0.15) is 0 Å². The fraction of sp³-hybridized carbons (Fsp3) is 0.375. The number of hydrogen-bond acceptors (Lipinski definition) is 5.